The van der Waals surface area contributed by atoms with Crippen LogP contribution in [0.2, 0.25) is 0 Å². The molecule has 15 heavy (non-hydrogen) atoms. The van der Waals surface area contributed by atoms with Gasteiger partial charge in [0.05, 0.1) is 0 Å². The second-order valence-corrected chi connectivity index (χ2v) is 3.07. The maximum atomic E-state index is 11.2. The van der Waals surface area contributed by atoms with Crippen molar-refractivity contribution in [1.29, 1.82) is 0 Å². The van der Waals surface area contributed by atoms with Gasteiger partial charge in [-0.1, -0.05) is 0 Å². The Morgan fingerprint density at radius 1 is 1.53 bits per heavy atom. The second-order valence-electron chi connectivity index (χ2n) is 3.07. The topological polar surface area (TPSA) is 84.1 Å². The number of rotatable bonds is 4. The van der Waals surface area contributed by atoms with Crippen molar-refractivity contribution < 1.29 is 4.79 Å². The predicted octanol–water partition coefficient (Wildman–Crippen LogP) is -0.769. The molecule has 0 saturated carbocycles. The Labute approximate surface area is 88.5 Å². The predicted molar refractivity (Wildman–Crippen MR) is 57.7 cm³/mol. The third-order valence-electron chi connectivity index (χ3n) is 1.97. The average molecular weight is 209 g/mol. The smallest absolute Gasteiger partial charge is 0.271 e. The monoisotopic (exact) mass is 209 g/mol. The fourth-order valence-corrected chi connectivity index (χ4v) is 1.09. The van der Waals surface area contributed by atoms with Gasteiger partial charge in [0.25, 0.3) is 5.91 Å². The summed E-state index contributed by atoms with van der Waals surface area (Å²) in [5.74, 6) is 0.462. The Balaban J connectivity index is 2.76. The molecule has 0 bridgehead atoms. The molecule has 6 nitrogen and oxygen atoms in total. The van der Waals surface area contributed by atoms with Gasteiger partial charge in [0.2, 0.25) is 0 Å². The summed E-state index contributed by atoms with van der Waals surface area (Å²) >= 11 is 0. The van der Waals surface area contributed by atoms with Gasteiger partial charge in [0.15, 0.2) is 11.5 Å². The first-order valence-electron chi connectivity index (χ1n) is 4.66. The fourth-order valence-electron chi connectivity index (χ4n) is 1.09. The van der Waals surface area contributed by atoms with Gasteiger partial charge in [-0.2, -0.15) is 0 Å². The Hall–Kier alpha value is -1.69. The molecule has 0 spiro atoms. The molecule has 82 valence electrons. The molecular weight excluding hydrogens is 194 g/mol. The second kappa shape index (κ2) is 5.26. The number of nitrogens with two attached hydrogens (primary N) is 1. The highest BCUT2D eigenvalue weighted by molar-refractivity contribution is 5.91. The van der Waals surface area contributed by atoms with Crippen LogP contribution in [0.5, 0.6) is 0 Å². The molecule has 0 aliphatic rings. The number of carbonyl (C=O) groups excluding carboxylic acids is 1. The molecule has 0 saturated heterocycles. The van der Waals surface area contributed by atoms with E-state index in [2.05, 4.69) is 15.5 Å². The number of likely N-dealkylation sites (N-methyl/N-ethyl adjacent to an activating group) is 1. The number of amides is 1. The van der Waals surface area contributed by atoms with Crippen molar-refractivity contribution in [1.82, 2.24) is 15.5 Å². The highest BCUT2D eigenvalue weighted by atomic mass is 16.1. The molecular formula is C9H15N5O. The zero-order chi connectivity index (χ0) is 11.3. The highest BCUT2D eigenvalue weighted by Gasteiger charge is 2.07. The number of nitrogens with zero attached hydrogens (tertiary/aromatic N) is 3. The summed E-state index contributed by atoms with van der Waals surface area (Å²) in [6.45, 7) is 1.25. The minimum atomic E-state index is -0.240. The van der Waals surface area contributed by atoms with Crippen LogP contribution in [-0.4, -0.2) is 43.3 Å². The van der Waals surface area contributed by atoms with Crippen molar-refractivity contribution in [3.8, 4) is 0 Å². The van der Waals surface area contributed by atoms with Crippen molar-refractivity contribution in [2.45, 2.75) is 0 Å². The van der Waals surface area contributed by atoms with Crippen molar-refractivity contribution in [3.63, 3.8) is 0 Å². The number of hydrogen-bond acceptors (Lipinski definition) is 5. The van der Waals surface area contributed by atoms with Gasteiger partial charge in [-0.3, -0.25) is 4.79 Å². The van der Waals surface area contributed by atoms with Crippen molar-refractivity contribution in [3.05, 3.63) is 17.8 Å². The largest absolute Gasteiger partial charge is 0.357 e. The van der Waals surface area contributed by atoms with Gasteiger partial charge in [-0.25, -0.2) is 0 Å². The minimum absolute atomic E-state index is 0.240. The van der Waals surface area contributed by atoms with Crippen molar-refractivity contribution in [2.24, 2.45) is 5.73 Å². The van der Waals surface area contributed by atoms with Crippen LogP contribution in [-0.2, 0) is 0 Å². The molecule has 0 aliphatic heterocycles. The molecule has 1 rings (SSSR count). The molecule has 0 aromatic carbocycles. The quantitative estimate of drug-likeness (QED) is 0.680. The van der Waals surface area contributed by atoms with Crippen molar-refractivity contribution >= 4 is 11.7 Å². The Bertz CT molecular complexity index is 324. The summed E-state index contributed by atoms with van der Waals surface area (Å²) in [7, 11) is 3.43. The molecule has 6 heteroatoms. The Kier molecular flexibility index (Phi) is 3.99. The average Bonchev–Trinajstić information content (AvgIpc) is 2.28. The SMILES string of the molecule is CNC(=O)c1ccc(N(C)CCN)nn1. The molecule has 1 aromatic heterocycles. The van der Waals surface area contributed by atoms with Gasteiger partial charge in [0.1, 0.15) is 0 Å². The van der Waals surface area contributed by atoms with Crippen LogP contribution in [0.4, 0.5) is 5.82 Å². The van der Waals surface area contributed by atoms with E-state index >= 15 is 0 Å². The van der Waals surface area contributed by atoms with Crippen LogP contribution in [0.25, 0.3) is 0 Å². The van der Waals surface area contributed by atoms with Crippen LogP contribution in [0.15, 0.2) is 12.1 Å². The summed E-state index contributed by atoms with van der Waals surface area (Å²) in [6.07, 6.45) is 0. The summed E-state index contributed by atoms with van der Waals surface area (Å²) < 4.78 is 0. The summed E-state index contributed by atoms with van der Waals surface area (Å²) in [5.41, 5.74) is 5.72. The van der Waals surface area contributed by atoms with E-state index in [9.17, 15) is 4.79 Å². The molecule has 0 aliphatic carbocycles. The molecule has 3 N–H and O–H groups in total. The number of nitrogens with one attached hydrogen (secondary N) is 1. The summed E-state index contributed by atoms with van der Waals surface area (Å²) in [5, 5.41) is 10.2. The normalized spacial score (nSPS) is 9.80. The van der Waals surface area contributed by atoms with Gasteiger partial charge < -0.3 is 16.0 Å². The van der Waals surface area contributed by atoms with Gasteiger partial charge in [-0.15, -0.1) is 10.2 Å². The summed E-state index contributed by atoms with van der Waals surface area (Å²) in [4.78, 5) is 13.0. The van der Waals surface area contributed by atoms with Gasteiger partial charge >= 0.3 is 0 Å². The minimum Gasteiger partial charge on any atom is -0.357 e. The molecule has 1 heterocycles. The van der Waals surface area contributed by atoms with Crippen LogP contribution in [0.3, 0.4) is 0 Å². The third kappa shape index (κ3) is 2.88. The van der Waals surface area contributed by atoms with E-state index in [1.807, 2.05) is 11.9 Å². The van der Waals surface area contributed by atoms with Crippen LogP contribution < -0.4 is 16.0 Å². The van der Waals surface area contributed by atoms with E-state index < -0.39 is 0 Å². The number of hydrogen-bond donors (Lipinski definition) is 2. The number of anilines is 1. The van der Waals surface area contributed by atoms with Crippen LogP contribution in [0, 0.1) is 0 Å². The lowest BCUT2D eigenvalue weighted by Crippen LogP contribution is -2.26. The zero-order valence-corrected chi connectivity index (χ0v) is 8.90. The maximum Gasteiger partial charge on any atom is 0.271 e. The molecule has 0 fully saturated rings. The maximum absolute atomic E-state index is 11.2. The van der Waals surface area contributed by atoms with E-state index in [1.165, 1.54) is 0 Å². The lowest BCUT2D eigenvalue weighted by Gasteiger charge is -2.15. The fraction of sp³-hybridized carbons (Fsp3) is 0.444. The first-order valence-corrected chi connectivity index (χ1v) is 4.66. The van der Waals surface area contributed by atoms with Gasteiger partial charge in [0, 0.05) is 27.2 Å². The number of aromatic nitrogens is 2. The molecule has 0 radical (unpaired) electrons. The Morgan fingerprint density at radius 2 is 2.27 bits per heavy atom. The van der Waals surface area contributed by atoms with E-state index in [-0.39, 0.29) is 5.91 Å². The molecule has 1 aromatic rings. The highest BCUT2D eigenvalue weighted by Crippen LogP contribution is 2.06. The lowest BCUT2D eigenvalue weighted by molar-refractivity contribution is 0.0957. The van der Waals surface area contributed by atoms with Crippen LogP contribution in [0.1, 0.15) is 10.5 Å². The van der Waals surface area contributed by atoms with E-state index in [4.69, 9.17) is 5.73 Å². The standard InChI is InChI=1S/C9H15N5O/c1-11-9(15)7-3-4-8(13-12-7)14(2)6-5-10/h3-4H,5-6,10H2,1-2H3,(H,11,15). The molecule has 0 atom stereocenters. The van der Waals surface area contributed by atoms with E-state index in [0.29, 0.717) is 24.6 Å². The first-order chi connectivity index (χ1) is 7.19. The van der Waals surface area contributed by atoms with E-state index in [0.717, 1.165) is 0 Å². The zero-order valence-electron chi connectivity index (χ0n) is 8.90. The molecule has 1 amide bonds. The summed E-state index contributed by atoms with van der Waals surface area (Å²) in [6, 6.07) is 3.38. The first kappa shape index (κ1) is 11.4. The Morgan fingerprint density at radius 3 is 2.73 bits per heavy atom. The van der Waals surface area contributed by atoms with Crippen LogP contribution >= 0.6 is 0 Å². The third-order valence-corrected chi connectivity index (χ3v) is 1.97. The lowest BCUT2D eigenvalue weighted by atomic mass is 10.3. The van der Waals surface area contributed by atoms with Gasteiger partial charge in [-0.05, 0) is 12.1 Å². The van der Waals surface area contributed by atoms with Crippen molar-refractivity contribution in [2.75, 3.05) is 32.1 Å². The van der Waals surface area contributed by atoms with E-state index in [1.54, 1.807) is 19.2 Å². The number of carbonyl (C=O) groups is 1. The molecule has 0 unspecified atom stereocenters.